The Morgan fingerprint density at radius 2 is 1.41 bits per heavy atom. The van der Waals surface area contributed by atoms with Crippen LogP contribution in [0.3, 0.4) is 0 Å². The highest BCUT2D eigenvalue weighted by Gasteiger charge is 2.20. The van der Waals surface area contributed by atoms with Gasteiger partial charge in [-0.2, -0.15) is 0 Å². The van der Waals surface area contributed by atoms with Gasteiger partial charge in [0, 0.05) is 0 Å². The molecule has 1 unspecified atom stereocenters. The molecule has 17 heavy (non-hydrogen) atoms. The van der Waals surface area contributed by atoms with E-state index in [0.29, 0.717) is 0 Å². The molecule has 0 heterocycles. The molecule has 0 spiro atoms. The van der Waals surface area contributed by atoms with Crippen molar-refractivity contribution >= 4 is 11.9 Å². The van der Waals surface area contributed by atoms with Gasteiger partial charge in [-0.05, 0) is 0 Å². The highest BCUT2D eigenvalue weighted by Crippen LogP contribution is 1.93. The quantitative estimate of drug-likeness (QED) is 0.252. The van der Waals surface area contributed by atoms with Crippen molar-refractivity contribution in [2.75, 3.05) is 19.8 Å². The lowest BCUT2D eigenvalue weighted by Crippen LogP contribution is -2.50. The average molecular weight is 254 g/mol. The fraction of sp³-hybridized carbons (Fsp3) is 0.750. The van der Waals surface area contributed by atoms with E-state index in [4.69, 9.17) is 37.0 Å². The lowest BCUT2D eigenvalue weighted by molar-refractivity contribution is -0.144. The number of aliphatic hydroxyl groups excluding tert-OH is 3. The standard InChI is InChI=1S/C4H7NO4.C4H11NO3/c5-2(4(8)9)1-3(6)7;5-4(1-6,2-7)3-8/h2H,1,5H2,(H,6,7)(H,8,9);6-8H,1-3,5H2. The van der Waals surface area contributed by atoms with Gasteiger partial charge in [-0.3, -0.25) is 9.59 Å². The van der Waals surface area contributed by atoms with Crippen molar-refractivity contribution in [3.8, 4) is 0 Å². The third-order valence-corrected chi connectivity index (χ3v) is 1.66. The van der Waals surface area contributed by atoms with Gasteiger partial charge in [0.15, 0.2) is 0 Å². The Balaban J connectivity index is 0. The Kier molecular flexibility index (Phi) is 9.42. The molecule has 0 aromatic carbocycles. The first kappa shape index (κ1) is 18.1. The zero-order valence-corrected chi connectivity index (χ0v) is 9.11. The first-order valence-corrected chi connectivity index (χ1v) is 4.54. The summed E-state index contributed by atoms with van der Waals surface area (Å²) in [7, 11) is 0. The van der Waals surface area contributed by atoms with E-state index in [-0.39, 0.29) is 0 Å². The minimum atomic E-state index is -1.29. The van der Waals surface area contributed by atoms with Crippen molar-refractivity contribution in [3.63, 3.8) is 0 Å². The minimum Gasteiger partial charge on any atom is -0.481 e. The maximum atomic E-state index is 9.85. The molecule has 0 aromatic rings. The van der Waals surface area contributed by atoms with Gasteiger partial charge in [0.25, 0.3) is 0 Å². The van der Waals surface area contributed by atoms with Crippen LogP contribution in [0.15, 0.2) is 0 Å². The molecule has 0 saturated carbocycles. The Morgan fingerprint density at radius 1 is 1.06 bits per heavy atom. The third-order valence-electron chi connectivity index (χ3n) is 1.66. The summed E-state index contributed by atoms with van der Waals surface area (Å²) in [6, 6.07) is -1.29. The van der Waals surface area contributed by atoms with Crippen LogP contribution >= 0.6 is 0 Å². The van der Waals surface area contributed by atoms with Gasteiger partial charge in [0.05, 0.1) is 31.8 Å². The van der Waals surface area contributed by atoms with Crippen LogP contribution in [0.2, 0.25) is 0 Å². The van der Waals surface area contributed by atoms with Crippen molar-refractivity contribution < 1.29 is 35.1 Å². The summed E-state index contributed by atoms with van der Waals surface area (Å²) < 4.78 is 0. The molecule has 0 radical (unpaired) electrons. The molecule has 9 N–H and O–H groups in total. The Labute approximate surface area is 97.3 Å². The van der Waals surface area contributed by atoms with Crippen LogP contribution in [0.1, 0.15) is 6.42 Å². The van der Waals surface area contributed by atoms with Crippen LogP contribution in [0.5, 0.6) is 0 Å². The smallest absolute Gasteiger partial charge is 0.321 e. The summed E-state index contributed by atoms with van der Waals surface area (Å²) in [5, 5.41) is 41.1. The highest BCUT2D eigenvalue weighted by atomic mass is 16.4. The summed E-state index contributed by atoms with van der Waals surface area (Å²) in [6.45, 7) is -1.21. The van der Waals surface area contributed by atoms with Crippen molar-refractivity contribution in [2.45, 2.75) is 18.0 Å². The van der Waals surface area contributed by atoms with Crippen LogP contribution in [0.25, 0.3) is 0 Å². The fourth-order valence-electron chi connectivity index (χ4n) is 0.425. The zero-order chi connectivity index (χ0) is 14.1. The Morgan fingerprint density at radius 3 is 1.47 bits per heavy atom. The number of nitrogens with two attached hydrogens (primary N) is 2. The summed E-state index contributed by atoms with van der Waals surface area (Å²) in [5.41, 5.74) is 8.77. The van der Waals surface area contributed by atoms with E-state index in [0.717, 1.165) is 0 Å². The van der Waals surface area contributed by atoms with E-state index in [1.165, 1.54) is 0 Å². The SMILES string of the molecule is NC(CC(=O)O)C(=O)O.NC(CO)(CO)CO. The molecule has 0 saturated heterocycles. The summed E-state index contributed by atoms with van der Waals surface area (Å²) in [6.07, 6.45) is -0.532. The van der Waals surface area contributed by atoms with Crippen molar-refractivity contribution in [1.82, 2.24) is 0 Å². The molecule has 1 atom stereocenters. The fourth-order valence-corrected chi connectivity index (χ4v) is 0.425. The van der Waals surface area contributed by atoms with Gasteiger partial charge in [0.1, 0.15) is 6.04 Å². The summed E-state index contributed by atoms with van der Waals surface area (Å²) in [5.74, 6) is -2.50. The number of hydrogen-bond acceptors (Lipinski definition) is 7. The maximum absolute atomic E-state index is 9.85. The van der Waals surface area contributed by atoms with Crippen LogP contribution in [0.4, 0.5) is 0 Å². The molecule has 0 bridgehead atoms. The van der Waals surface area contributed by atoms with E-state index in [1.54, 1.807) is 0 Å². The molecule has 0 aromatic heterocycles. The predicted molar refractivity (Wildman–Crippen MR) is 56.0 cm³/mol. The van der Waals surface area contributed by atoms with Crippen LogP contribution in [-0.4, -0.2) is 68.9 Å². The largest absolute Gasteiger partial charge is 0.481 e. The van der Waals surface area contributed by atoms with Gasteiger partial charge in [0.2, 0.25) is 0 Å². The third kappa shape index (κ3) is 9.66. The normalized spacial score (nSPS) is 12.3. The second-order valence-corrected chi connectivity index (χ2v) is 3.38. The average Bonchev–Trinajstić information content (AvgIpc) is 2.28. The van der Waals surface area contributed by atoms with Crippen molar-refractivity contribution in [1.29, 1.82) is 0 Å². The van der Waals surface area contributed by atoms with E-state index in [9.17, 15) is 9.59 Å². The lowest BCUT2D eigenvalue weighted by atomic mass is 10.1. The topological polar surface area (TPSA) is 187 Å². The number of rotatable bonds is 6. The van der Waals surface area contributed by atoms with Crippen molar-refractivity contribution in [2.24, 2.45) is 11.5 Å². The molecular weight excluding hydrogens is 236 g/mol. The first-order valence-electron chi connectivity index (χ1n) is 4.54. The molecule has 0 fully saturated rings. The molecule has 102 valence electrons. The molecular formula is C8H18N2O7. The van der Waals surface area contributed by atoms with Crippen LogP contribution in [-0.2, 0) is 9.59 Å². The highest BCUT2D eigenvalue weighted by molar-refractivity contribution is 5.80. The van der Waals surface area contributed by atoms with E-state index in [2.05, 4.69) is 0 Å². The Hall–Kier alpha value is -1.26. The molecule has 0 aliphatic rings. The van der Waals surface area contributed by atoms with Crippen LogP contribution in [0, 0.1) is 0 Å². The molecule has 0 aliphatic carbocycles. The second-order valence-electron chi connectivity index (χ2n) is 3.38. The van der Waals surface area contributed by atoms with Gasteiger partial charge < -0.3 is 37.0 Å². The van der Waals surface area contributed by atoms with Gasteiger partial charge in [-0.25, -0.2) is 0 Å². The number of carboxylic acid groups (broad SMARTS) is 2. The molecule has 9 heteroatoms. The molecule has 9 nitrogen and oxygen atoms in total. The maximum Gasteiger partial charge on any atom is 0.321 e. The van der Waals surface area contributed by atoms with Crippen molar-refractivity contribution in [3.05, 3.63) is 0 Å². The number of aliphatic carboxylic acids is 2. The molecule has 0 rings (SSSR count). The number of carboxylic acids is 2. The Bertz CT molecular complexity index is 234. The zero-order valence-electron chi connectivity index (χ0n) is 9.11. The van der Waals surface area contributed by atoms with Crippen LogP contribution < -0.4 is 11.5 Å². The molecule has 0 aliphatic heterocycles. The lowest BCUT2D eigenvalue weighted by Gasteiger charge is -2.20. The first-order chi connectivity index (χ1) is 7.72. The number of aliphatic hydroxyl groups is 3. The molecule has 0 amide bonds. The minimum absolute atomic E-state index is 0.403. The van der Waals surface area contributed by atoms with Gasteiger partial charge in [-0.15, -0.1) is 0 Å². The van der Waals surface area contributed by atoms with Gasteiger partial charge >= 0.3 is 11.9 Å². The summed E-state index contributed by atoms with van der Waals surface area (Å²) >= 11 is 0. The van der Waals surface area contributed by atoms with E-state index >= 15 is 0 Å². The predicted octanol–water partition coefficient (Wildman–Crippen LogP) is -3.47. The van der Waals surface area contributed by atoms with E-state index in [1.807, 2.05) is 0 Å². The second kappa shape index (κ2) is 8.84. The number of hydrogen-bond donors (Lipinski definition) is 7. The summed E-state index contributed by atoms with van der Waals surface area (Å²) in [4.78, 5) is 19.6. The van der Waals surface area contributed by atoms with Gasteiger partial charge in [-0.1, -0.05) is 0 Å². The van der Waals surface area contributed by atoms with E-state index < -0.39 is 49.8 Å². The number of carbonyl (C=O) groups is 2. The monoisotopic (exact) mass is 254 g/mol.